The molecule has 32 heteroatoms. The minimum Gasteiger partial charge on any atom is -0.481 e. The van der Waals surface area contributed by atoms with Crippen LogP contribution in [0.25, 0.3) is 0 Å². The summed E-state index contributed by atoms with van der Waals surface area (Å²) in [5.41, 5.74) is 21.7. The van der Waals surface area contributed by atoms with Crippen LogP contribution in [-0.4, -0.2) is 183 Å². The summed E-state index contributed by atoms with van der Waals surface area (Å²) in [4.78, 5) is 140. The number of hydrogen-bond donors (Lipinski definition) is 21. The van der Waals surface area contributed by atoms with Crippen LogP contribution in [0.4, 0.5) is 0 Å². The van der Waals surface area contributed by atoms with Crippen LogP contribution in [0.3, 0.4) is 0 Å². The Hall–Kier alpha value is -5.28. The Morgan fingerprint density at radius 1 is 0.500 bits per heavy atom. The molecule has 0 radical (unpaired) electrons. The SMILES string of the molecule is N=C(N)NCCC[C@H](NC(=O)[C@H](CS)NC(=O)[C@H](CS)NC(=O)[C@H](CS)NC(=O)[C@H](CS)NC(=O)[C@@H](N)CC(N)=O)C(=O)N[C@@H](CCCCN)C(=O)N[C@@H](CCC(=O)O)C(=O)N[C@@H](CO)C(=O)O. The summed E-state index contributed by atoms with van der Waals surface area (Å²) in [5, 5.41) is 56.5. The first-order valence-corrected chi connectivity index (χ1v) is 23.3. The predicted octanol–water partition coefficient (Wildman–Crippen LogP) is -7.88. The molecule has 9 amide bonds. The summed E-state index contributed by atoms with van der Waals surface area (Å²) in [6.07, 6.45) is -1.24. The van der Waals surface area contributed by atoms with E-state index in [1.54, 1.807) is 0 Å². The topological polar surface area (TPSA) is 485 Å². The highest BCUT2D eigenvalue weighted by atomic mass is 32.1. The van der Waals surface area contributed by atoms with E-state index in [-0.39, 0.29) is 61.8 Å². The third kappa shape index (κ3) is 24.7. The Morgan fingerprint density at radius 3 is 1.16 bits per heavy atom. The summed E-state index contributed by atoms with van der Waals surface area (Å²) in [5.74, 6) is -13.3. The second-order valence-corrected chi connectivity index (χ2v) is 16.2. The zero-order valence-corrected chi connectivity index (χ0v) is 40.3. The number of carbonyl (C=O) groups excluding carboxylic acids is 9. The van der Waals surface area contributed by atoms with Gasteiger partial charge in [-0.25, -0.2) is 4.79 Å². The number of guanidine groups is 1. The molecule has 0 rings (SSSR count). The van der Waals surface area contributed by atoms with Crippen molar-refractivity contribution in [1.82, 2.24) is 47.9 Å². The number of nitrogens with one attached hydrogen (secondary N) is 10. The minimum absolute atomic E-state index is 0.0415. The molecule has 0 saturated heterocycles. The number of aliphatic hydroxyl groups is 1. The van der Waals surface area contributed by atoms with Gasteiger partial charge in [0.1, 0.15) is 48.3 Å². The Kier molecular flexibility index (Phi) is 31.4. The van der Waals surface area contributed by atoms with Crippen molar-refractivity contribution in [3.63, 3.8) is 0 Å². The third-order valence-electron chi connectivity index (χ3n) is 9.30. The number of hydrogen-bond acceptors (Lipinski definition) is 19. The van der Waals surface area contributed by atoms with Gasteiger partial charge in [-0.3, -0.25) is 53.4 Å². The van der Waals surface area contributed by atoms with E-state index in [0.717, 1.165) is 0 Å². The van der Waals surface area contributed by atoms with Crippen LogP contribution in [0.1, 0.15) is 51.4 Å². The van der Waals surface area contributed by atoms with Crippen LogP contribution in [-0.2, 0) is 52.7 Å². The summed E-state index contributed by atoms with van der Waals surface area (Å²) in [7, 11) is 0. The summed E-state index contributed by atoms with van der Waals surface area (Å²) < 4.78 is 0. The van der Waals surface area contributed by atoms with Gasteiger partial charge >= 0.3 is 11.9 Å². The lowest BCUT2D eigenvalue weighted by atomic mass is 10.0. The number of nitrogens with two attached hydrogens (primary N) is 4. The molecule has 0 heterocycles. The molecule has 0 spiro atoms. The van der Waals surface area contributed by atoms with Crippen LogP contribution < -0.4 is 70.8 Å². The molecule has 9 atom stereocenters. The maximum atomic E-state index is 13.9. The third-order valence-corrected chi connectivity index (χ3v) is 10.8. The van der Waals surface area contributed by atoms with Gasteiger partial charge in [-0.1, -0.05) is 0 Å². The van der Waals surface area contributed by atoms with Gasteiger partial charge in [0.2, 0.25) is 53.2 Å². The number of carboxylic acid groups (broad SMARTS) is 2. The number of amides is 9. The van der Waals surface area contributed by atoms with Gasteiger partial charge in [0.15, 0.2) is 5.96 Å². The molecule has 28 nitrogen and oxygen atoms in total. The second kappa shape index (κ2) is 34.1. The quantitative estimate of drug-likeness (QED) is 0.0121. The van der Waals surface area contributed by atoms with Crippen molar-refractivity contribution in [2.75, 3.05) is 42.7 Å². The average molecular weight is 1050 g/mol. The van der Waals surface area contributed by atoms with Gasteiger partial charge in [0, 0.05) is 36.0 Å². The number of aliphatic hydroxyl groups excluding tert-OH is 1. The maximum absolute atomic E-state index is 13.9. The molecule has 21 N–H and O–H groups in total. The zero-order chi connectivity index (χ0) is 52.1. The van der Waals surface area contributed by atoms with Gasteiger partial charge in [0.25, 0.3) is 0 Å². The molecule has 0 aliphatic carbocycles. The molecule has 68 heavy (non-hydrogen) atoms. The molecule has 386 valence electrons. The Bertz CT molecular complexity index is 1770. The molecular formula is C36H64N14O14S4. The highest BCUT2D eigenvalue weighted by Crippen LogP contribution is 2.08. The fraction of sp³-hybridized carbons (Fsp3) is 0.667. The van der Waals surface area contributed by atoms with Crippen molar-refractivity contribution in [3.05, 3.63) is 0 Å². The summed E-state index contributed by atoms with van der Waals surface area (Å²) >= 11 is 16.4. The van der Waals surface area contributed by atoms with E-state index in [1.807, 2.05) is 5.32 Å². The van der Waals surface area contributed by atoms with E-state index in [0.29, 0.717) is 6.42 Å². The normalized spacial score (nSPS) is 14.8. The Balaban J connectivity index is 6.29. The van der Waals surface area contributed by atoms with Gasteiger partial charge in [0.05, 0.1) is 19.1 Å². The average Bonchev–Trinajstić information content (AvgIpc) is 3.28. The lowest BCUT2D eigenvalue weighted by molar-refractivity contribution is -0.144. The van der Waals surface area contributed by atoms with E-state index in [9.17, 15) is 68.1 Å². The van der Waals surface area contributed by atoms with Crippen molar-refractivity contribution >= 4 is 122 Å². The first-order valence-electron chi connectivity index (χ1n) is 20.7. The fourth-order valence-electron chi connectivity index (χ4n) is 5.55. The maximum Gasteiger partial charge on any atom is 0.328 e. The lowest BCUT2D eigenvalue weighted by Crippen LogP contribution is -2.61. The van der Waals surface area contributed by atoms with Crippen LogP contribution >= 0.6 is 50.5 Å². The van der Waals surface area contributed by atoms with Gasteiger partial charge in [-0.05, 0) is 45.1 Å². The van der Waals surface area contributed by atoms with Crippen LogP contribution in [0.2, 0.25) is 0 Å². The van der Waals surface area contributed by atoms with E-state index in [2.05, 4.69) is 93.0 Å². The smallest absolute Gasteiger partial charge is 0.328 e. The van der Waals surface area contributed by atoms with E-state index in [4.69, 9.17) is 28.3 Å². The van der Waals surface area contributed by atoms with Crippen molar-refractivity contribution in [1.29, 1.82) is 5.41 Å². The molecule has 0 saturated carbocycles. The molecule has 0 unspecified atom stereocenters. The number of unbranched alkanes of at least 4 members (excludes halogenated alkanes) is 1. The van der Waals surface area contributed by atoms with Crippen LogP contribution in [0.15, 0.2) is 0 Å². The molecule has 0 aromatic heterocycles. The number of primary amides is 1. The van der Waals surface area contributed by atoms with Gasteiger partial charge in [-0.2, -0.15) is 50.5 Å². The highest BCUT2D eigenvalue weighted by Gasteiger charge is 2.34. The van der Waals surface area contributed by atoms with Crippen molar-refractivity contribution in [2.45, 2.75) is 106 Å². The van der Waals surface area contributed by atoms with Crippen molar-refractivity contribution in [3.8, 4) is 0 Å². The molecular weight excluding hydrogens is 981 g/mol. The molecule has 0 aromatic rings. The molecule has 0 aliphatic heterocycles. The highest BCUT2D eigenvalue weighted by molar-refractivity contribution is 7.80. The minimum atomic E-state index is -1.80. The monoisotopic (exact) mass is 1040 g/mol. The Labute approximate surface area is 412 Å². The van der Waals surface area contributed by atoms with Crippen LogP contribution in [0.5, 0.6) is 0 Å². The van der Waals surface area contributed by atoms with Gasteiger partial charge in [-0.15, -0.1) is 0 Å². The Morgan fingerprint density at radius 2 is 0.838 bits per heavy atom. The molecule has 0 aromatic carbocycles. The van der Waals surface area contributed by atoms with Crippen molar-refractivity contribution in [2.24, 2.45) is 22.9 Å². The first kappa shape index (κ1) is 62.7. The predicted molar refractivity (Wildman–Crippen MR) is 256 cm³/mol. The number of carbonyl (C=O) groups is 11. The number of carboxylic acids is 2. The largest absolute Gasteiger partial charge is 0.481 e. The summed E-state index contributed by atoms with van der Waals surface area (Å²) in [6, 6.07) is -13.4. The first-order chi connectivity index (χ1) is 32.0. The molecule has 0 fully saturated rings. The lowest BCUT2D eigenvalue weighted by Gasteiger charge is -2.27. The van der Waals surface area contributed by atoms with Crippen LogP contribution in [0, 0.1) is 5.41 Å². The molecule has 0 bridgehead atoms. The van der Waals surface area contributed by atoms with E-state index >= 15 is 0 Å². The number of rotatable bonds is 35. The van der Waals surface area contributed by atoms with E-state index in [1.165, 1.54) is 0 Å². The number of aliphatic carboxylic acids is 2. The van der Waals surface area contributed by atoms with Gasteiger partial charge < -0.3 is 86.1 Å². The number of thiol groups is 4. The standard InChI is InChI=1S/C36H64N14O14S4/c37-8-2-1-4-17(28(56)45-19(6-7-26(53)54)30(58)46-20(11-51)35(63)64)43-29(57)18(5-3-9-42-36(40)41)44-31(59)22(13-66)48-33(61)24(15-68)50-34(62)23(14-67)49-32(60)21(12-65)47-27(55)16(38)10-25(39)52/h16-24,51,65-68H,1-15,37-38H2,(H2,39,52)(H,43,57)(H,44,59)(H,45,56)(H,46,58)(H,47,55)(H,48,61)(H,49,60)(H,50,62)(H,53,54)(H,63,64)(H4,40,41,42)/t16-,17-,18-,19-,20-,21-,22-,23-,24-/m0/s1. The second-order valence-electron chi connectivity index (χ2n) is 14.7. The summed E-state index contributed by atoms with van der Waals surface area (Å²) in [6.45, 7) is -0.806. The zero-order valence-electron chi connectivity index (χ0n) is 36.7. The van der Waals surface area contributed by atoms with Crippen molar-refractivity contribution < 1.29 is 68.1 Å². The molecule has 0 aliphatic rings. The fourth-order valence-corrected chi connectivity index (χ4v) is 6.58. The van der Waals surface area contributed by atoms with E-state index < -0.39 is 151 Å².